The maximum Gasteiger partial charge on any atom is 0.263 e. The predicted octanol–water partition coefficient (Wildman–Crippen LogP) is 4.59. The zero-order valence-electron chi connectivity index (χ0n) is 18.4. The number of amides is 1. The second kappa shape index (κ2) is 9.36. The van der Waals surface area contributed by atoms with Gasteiger partial charge in [0.05, 0.1) is 12.2 Å². The van der Waals surface area contributed by atoms with Gasteiger partial charge in [-0.2, -0.15) is 0 Å². The average Bonchev–Trinajstić information content (AvgIpc) is 3.45. The molecule has 5 aromatic rings. The zero-order valence-corrected chi connectivity index (χ0v) is 19.3. The molecule has 5 rings (SSSR count). The first kappa shape index (κ1) is 21.7. The number of aryl methyl sites for hydroxylation is 1. The van der Waals surface area contributed by atoms with Gasteiger partial charge >= 0.3 is 0 Å². The van der Waals surface area contributed by atoms with E-state index in [1.165, 1.54) is 22.0 Å². The molecule has 0 saturated carbocycles. The second-order valence-corrected chi connectivity index (χ2v) is 8.80. The summed E-state index contributed by atoms with van der Waals surface area (Å²) < 4.78 is 7.15. The van der Waals surface area contributed by atoms with Crippen LogP contribution in [-0.2, 0) is 13.2 Å². The first-order valence-electron chi connectivity index (χ1n) is 10.8. The minimum Gasteiger partial charge on any atom is -0.489 e. The van der Waals surface area contributed by atoms with Crippen LogP contribution in [-0.4, -0.2) is 20.4 Å². The van der Waals surface area contributed by atoms with Crippen LogP contribution in [0.3, 0.4) is 0 Å². The fraction of sp³-hybridized carbons (Fsp3) is 0.115. The van der Waals surface area contributed by atoms with E-state index in [-0.39, 0.29) is 11.5 Å². The van der Waals surface area contributed by atoms with Crippen molar-refractivity contribution in [1.82, 2.24) is 19.9 Å². The number of thiazole rings is 1. The van der Waals surface area contributed by atoms with E-state index in [9.17, 15) is 9.59 Å². The van der Waals surface area contributed by atoms with Gasteiger partial charge in [0.1, 0.15) is 17.2 Å². The van der Waals surface area contributed by atoms with Crippen molar-refractivity contribution in [2.24, 2.45) is 0 Å². The van der Waals surface area contributed by atoms with Gasteiger partial charge in [0.25, 0.3) is 11.5 Å². The molecule has 0 atom stereocenters. The van der Waals surface area contributed by atoms with Crippen LogP contribution in [0, 0.1) is 6.92 Å². The molecule has 3 heterocycles. The number of carbonyl (C=O) groups is 1. The van der Waals surface area contributed by atoms with Crippen molar-refractivity contribution in [3.05, 3.63) is 111 Å². The van der Waals surface area contributed by atoms with Crippen LogP contribution in [0.1, 0.15) is 26.6 Å². The molecule has 0 unspecified atom stereocenters. The molecule has 0 saturated heterocycles. The first-order chi connectivity index (χ1) is 16.6. The molecule has 2 aromatic carbocycles. The van der Waals surface area contributed by atoms with E-state index in [0.29, 0.717) is 34.6 Å². The molecule has 34 heavy (non-hydrogen) atoms. The topological polar surface area (TPSA) is 89.0 Å². The lowest BCUT2D eigenvalue weighted by atomic mass is 10.2. The van der Waals surface area contributed by atoms with Gasteiger partial charge in [-0.1, -0.05) is 59.9 Å². The number of nitrogens with one attached hydrogen (secondary N) is 2. The standard InChI is InChI=1S/C26H22N4O3S/c1-17-24(25(32)27-15-20-13-19-9-5-6-10-22(19)29-20)34-26(28-17)30-12-11-21(14-23(30)31)33-16-18-7-3-2-4-8-18/h2-14,29H,15-16H2,1H3,(H,27,32). The molecule has 3 aromatic heterocycles. The Kier molecular flexibility index (Phi) is 5.97. The number of aromatic nitrogens is 3. The minimum atomic E-state index is -0.274. The van der Waals surface area contributed by atoms with Crippen molar-refractivity contribution in [2.75, 3.05) is 0 Å². The van der Waals surface area contributed by atoms with Crippen molar-refractivity contribution in [3.63, 3.8) is 0 Å². The first-order valence-corrected chi connectivity index (χ1v) is 11.6. The van der Waals surface area contributed by atoms with Crippen molar-refractivity contribution >= 4 is 28.1 Å². The van der Waals surface area contributed by atoms with E-state index >= 15 is 0 Å². The normalized spacial score (nSPS) is 11.0. The van der Waals surface area contributed by atoms with Crippen LogP contribution in [0.15, 0.2) is 83.8 Å². The number of nitrogens with zero attached hydrogens (tertiary/aromatic N) is 2. The van der Waals surface area contributed by atoms with E-state index in [4.69, 9.17) is 4.74 Å². The number of para-hydroxylation sites is 1. The van der Waals surface area contributed by atoms with E-state index in [1.807, 2.05) is 60.7 Å². The number of benzene rings is 2. The summed E-state index contributed by atoms with van der Waals surface area (Å²) in [6.07, 6.45) is 1.62. The number of aromatic amines is 1. The predicted molar refractivity (Wildman–Crippen MR) is 133 cm³/mol. The maximum absolute atomic E-state index is 12.8. The molecule has 1 amide bonds. The molecule has 170 valence electrons. The summed E-state index contributed by atoms with van der Waals surface area (Å²) in [5, 5.41) is 4.46. The summed E-state index contributed by atoms with van der Waals surface area (Å²) in [6.45, 7) is 2.51. The van der Waals surface area contributed by atoms with Crippen LogP contribution >= 0.6 is 11.3 Å². The number of pyridine rings is 1. The molecule has 0 spiro atoms. The summed E-state index contributed by atoms with van der Waals surface area (Å²) in [5.41, 5.74) is 3.26. The molecule has 0 aliphatic rings. The Morgan fingerprint density at radius 2 is 1.88 bits per heavy atom. The van der Waals surface area contributed by atoms with Crippen LogP contribution < -0.4 is 15.6 Å². The number of rotatable bonds is 7. The Morgan fingerprint density at radius 3 is 2.68 bits per heavy atom. The van der Waals surface area contributed by atoms with Gasteiger partial charge in [0.15, 0.2) is 5.13 Å². The van der Waals surface area contributed by atoms with Gasteiger partial charge in [-0.05, 0) is 36.1 Å². The highest BCUT2D eigenvalue weighted by molar-refractivity contribution is 7.16. The largest absolute Gasteiger partial charge is 0.489 e. The van der Waals surface area contributed by atoms with Gasteiger partial charge < -0.3 is 15.0 Å². The van der Waals surface area contributed by atoms with Crippen molar-refractivity contribution in [2.45, 2.75) is 20.1 Å². The lowest BCUT2D eigenvalue weighted by molar-refractivity contribution is 0.0953. The van der Waals surface area contributed by atoms with E-state index in [2.05, 4.69) is 15.3 Å². The molecule has 0 aliphatic heterocycles. The third-order valence-electron chi connectivity index (χ3n) is 5.36. The molecule has 0 bridgehead atoms. The van der Waals surface area contributed by atoms with Crippen LogP contribution in [0.4, 0.5) is 0 Å². The molecule has 0 radical (unpaired) electrons. The summed E-state index contributed by atoms with van der Waals surface area (Å²) in [7, 11) is 0. The Morgan fingerprint density at radius 1 is 1.09 bits per heavy atom. The number of H-pyrrole nitrogens is 1. The van der Waals surface area contributed by atoms with E-state index < -0.39 is 0 Å². The van der Waals surface area contributed by atoms with E-state index in [0.717, 1.165) is 22.2 Å². The fourth-order valence-electron chi connectivity index (χ4n) is 3.63. The molecular formula is C26H22N4O3S. The fourth-order valence-corrected chi connectivity index (χ4v) is 4.60. The lowest BCUT2D eigenvalue weighted by Crippen LogP contribution is -2.22. The maximum atomic E-state index is 12.8. The smallest absolute Gasteiger partial charge is 0.263 e. The second-order valence-electron chi connectivity index (χ2n) is 7.82. The van der Waals surface area contributed by atoms with Gasteiger partial charge in [-0.25, -0.2) is 4.98 Å². The Hall–Kier alpha value is -4.17. The summed E-state index contributed by atoms with van der Waals surface area (Å²) >= 11 is 1.18. The Balaban J connectivity index is 1.27. The average molecular weight is 471 g/mol. The highest BCUT2D eigenvalue weighted by Crippen LogP contribution is 2.22. The molecule has 0 fully saturated rings. The number of hydrogen-bond acceptors (Lipinski definition) is 5. The number of carbonyl (C=O) groups excluding carboxylic acids is 1. The number of ether oxygens (including phenoxy) is 1. The van der Waals surface area contributed by atoms with Crippen LogP contribution in [0.25, 0.3) is 16.0 Å². The minimum absolute atomic E-state index is 0.226. The summed E-state index contributed by atoms with van der Waals surface area (Å²) in [6, 6.07) is 22.9. The third-order valence-corrected chi connectivity index (χ3v) is 6.52. The monoisotopic (exact) mass is 470 g/mol. The third kappa shape index (κ3) is 4.62. The summed E-state index contributed by atoms with van der Waals surface area (Å²) in [4.78, 5) is 33.7. The van der Waals surface area contributed by atoms with Crippen molar-refractivity contribution in [3.8, 4) is 10.9 Å². The lowest BCUT2D eigenvalue weighted by Gasteiger charge is -2.07. The van der Waals surface area contributed by atoms with Crippen molar-refractivity contribution in [1.29, 1.82) is 0 Å². The Labute approximate surface area is 199 Å². The van der Waals surface area contributed by atoms with Gasteiger partial charge in [0, 0.05) is 23.5 Å². The highest BCUT2D eigenvalue weighted by atomic mass is 32.1. The van der Waals surface area contributed by atoms with Gasteiger partial charge in [0.2, 0.25) is 0 Å². The highest BCUT2D eigenvalue weighted by Gasteiger charge is 2.17. The molecule has 7 nitrogen and oxygen atoms in total. The van der Waals surface area contributed by atoms with E-state index in [1.54, 1.807) is 19.2 Å². The van der Waals surface area contributed by atoms with Crippen molar-refractivity contribution < 1.29 is 9.53 Å². The number of fused-ring (bicyclic) bond motifs is 1. The Bertz CT molecular complexity index is 1490. The van der Waals surface area contributed by atoms with Crippen LogP contribution in [0.5, 0.6) is 5.75 Å². The van der Waals surface area contributed by atoms with Gasteiger partial charge in [-0.15, -0.1) is 0 Å². The number of hydrogen-bond donors (Lipinski definition) is 2. The molecule has 0 aliphatic carbocycles. The van der Waals surface area contributed by atoms with Gasteiger partial charge in [-0.3, -0.25) is 14.2 Å². The SMILES string of the molecule is Cc1nc(-n2ccc(OCc3ccccc3)cc2=O)sc1C(=O)NCc1cc2ccccc2[nH]1. The van der Waals surface area contributed by atoms with Crippen LogP contribution in [0.2, 0.25) is 0 Å². The molecular weight excluding hydrogens is 448 g/mol. The molecule has 8 heteroatoms. The summed E-state index contributed by atoms with van der Waals surface area (Å²) in [5.74, 6) is 0.255. The molecule has 2 N–H and O–H groups in total. The zero-order chi connectivity index (χ0) is 23.5. The quantitative estimate of drug-likeness (QED) is 0.364.